The second kappa shape index (κ2) is 9.70. The number of hydrogen-bond acceptors (Lipinski definition) is 1. The van der Waals surface area contributed by atoms with E-state index in [-0.39, 0.29) is 17.7 Å². The maximum absolute atomic E-state index is 14.6. The van der Waals surface area contributed by atoms with Crippen molar-refractivity contribution in [2.75, 3.05) is 0 Å². The highest BCUT2D eigenvalue weighted by Crippen LogP contribution is 2.46. The molecule has 0 N–H and O–H groups in total. The van der Waals surface area contributed by atoms with Crippen LogP contribution in [0.4, 0.5) is 22.0 Å². The molecule has 0 spiro atoms. The second-order valence-electron chi connectivity index (χ2n) is 8.86. The summed E-state index contributed by atoms with van der Waals surface area (Å²) in [4.78, 5) is 0. The molecule has 0 unspecified atom stereocenters. The van der Waals surface area contributed by atoms with Gasteiger partial charge in [0, 0.05) is 5.92 Å². The third-order valence-corrected chi connectivity index (χ3v) is 6.67. The van der Waals surface area contributed by atoms with Gasteiger partial charge in [-0.2, -0.15) is 0 Å². The molecule has 3 aromatic carbocycles. The summed E-state index contributed by atoms with van der Waals surface area (Å²) < 4.78 is 70.3. The Balaban J connectivity index is 1.75. The summed E-state index contributed by atoms with van der Waals surface area (Å²) >= 11 is 0. The van der Waals surface area contributed by atoms with Gasteiger partial charge in [0.15, 0.2) is 11.6 Å². The zero-order chi connectivity index (χ0) is 23.6. The number of unbranched alkanes of at least 4 members (excludes halogenated alkanes) is 3. The van der Waals surface area contributed by atoms with Gasteiger partial charge in [-0.3, -0.25) is 0 Å². The highest BCUT2D eigenvalue weighted by molar-refractivity contribution is 5.87. The average Bonchev–Trinajstić information content (AvgIpc) is 2.76. The van der Waals surface area contributed by atoms with Crippen molar-refractivity contribution in [3.05, 3.63) is 76.9 Å². The van der Waals surface area contributed by atoms with Gasteiger partial charge < -0.3 is 4.74 Å². The Morgan fingerprint density at radius 2 is 1.73 bits per heavy atom. The van der Waals surface area contributed by atoms with Gasteiger partial charge >= 0.3 is 6.36 Å². The Morgan fingerprint density at radius 3 is 2.45 bits per heavy atom. The molecule has 3 aromatic rings. The second-order valence-corrected chi connectivity index (χ2v) is 8.86. The van der Waals surface area contributed by atoms with Crippen LogP contribution in [-0.4, -0.2) is 6.36 Å². The molecule has 0 saturated heterocycles. The van der Waals surface area contributed by atoms with Crippen molar-refractivity contribution in [3.63, 3.8) is 0 Å². The molecule has 1 aliphatic carbocycles. The van der Waals surface area contributed by atoms with Crippen LogP contribution < -0.4 is 4.74 Å². The van der Waals surface area contributed by atoms with Crippen LogP contribution in [0.2, 0.25) is 0 Å². The molecule has 0 aliphatic heterocycles. The molecule has 6 heteroatoms. The van der Waals surface area contributed by atoms with Gasteiger partial charge in [0.1, 0.15) is 5.82 Å². The van der Waals surface area contributed by atoms with Crippen molar-refractivity contribution in [1.29, 1.82) is 0 Å². The standard InChI is InChI=1S/C27H27F5O/c1-2-3-4-5-6-18-9-12-21-22(13-8-17-7-11-20(28)16-23(17)21)26(18)19-10-14-25(24(29)15-19)33-27(30,31)32/h7-8,10-11,13-16,18,26H,2-6,9,12H2,1H3/t18-,26-/m1/s1. The molecular formula is C27H27F5O. The van der Waals surface area contributed by atoms with Gasteiger partial charge in [0.05, 0.1) is 0 Å². The van der Waals surface area contributed by atoms with Crippen LogP contribution in [0.25, 0.3) is 10.8 Å². The Hall–Kier alpha value is -2.63. The number of rotatable bonds is 7. The topological polar surface area (TPSA) is 9.23 Å². The first-order chi connectivity index (χ1) is 15.8. The number of fused-ring (bicyclic) bond motifs is 3. The predicted molar refractivity (Wildman–Crippen MR) is 119 cm³/mol. The zero-order valence-electron chi connectivity index (χ0n) is 18.5. The summed E-state index contributed by atoms with van der Waals surface area (Å²) in [6, 6.07) is 12.4. The van der Waals surface area contributed by atoms with E-state index < -0.39 is 17.9 Å². The summed E-state index contributed by atoms with van der Waals surface area (Å²) in [6.45, 7) is 2.15. The maximum Gasteiger partial charge on any atom is 0.573 e. The summed E-state index contributed by atoms with van der Waals surface area (Å²) in [7, 11) is 0. The molecule has 33 heavy (non-hydrogen) atoms. The van der Waals surface area contributed by atoms with Crippen LogP contribution in [0.1, 0.15) is 68.1 Å². The molecule has 0 saturated carbocycles. The van der Waals surface area contributed by atoms with E-state index in [1.807, 2.05) is 12.1 Å². The Morgan fingerprint density at radius 1 is 0.939 bits per heavy atom. The lowest BCUT2D eigenvalue weighted by Gasteiger charge is -2.35. The SMILES string of the molecule is CCCCCC[C@@H]1CCc2c(ccc3ccc(F)cc23)[C@H]1c1ccc(OC(F)(F)F)c(F)c1. The first kappa shape index (κ1) is 23.5. The lowest BCUT2D eigenvalue weighted by Crippen LogP contribution is -2.23. The molecule has 0 heterocycles. The molecule has 2 atom stereocenters. The third-order valence-electron chi connectivity index (χ3n) is 6.67. The Bertz CT molecular complexity index is 1120. The molecule has 1 aliphatic rings. The normalized spacial score (nSPS) is 18.4. The number of ether oxygens (including phenoxy) is 1. The number of benzene rings is 3. The van der Waals surface area contributed by atoms with Crippen molar-refractivity contribution < 1.29 is 26.7 Å². The molecule has 4 rings (SSSR count). The van der Waals surface area contributed by atoms with Crippen molar-refractivity contribution in [1.82, 2.24) is 0 Å². The highest BCUT2D eigenvalue weighted by atomic mass is 19.4. The first-order valence-electron chi connectivity index (χ1n) is 11.5. The molecule has 1 nitrogen and oxygen atoms in total. The van der Waals surface area contributed by atoms with Crippen LogP contribution in [-0.2, 0) is 6.42 Å². The van der Waals surface area contributed by atoms with E-state index in [0.717, 1.165) is 79.0 Å². The Labute approximate surface area is 190 Å². The van der Waals surface area contributed by atoms with E-state index in [4.69, 9.17) is 0 Å². The van der Waals surface area contributed by atoms with E-state index in [1.54, 1.807) is 6.07 Å². The molecule has 0 fully saturated rings. The van der Waals surface area contributed by atoms with E-state index in [2.05, 4.69) is 11.7 Å². The summed E-state index contributed by atoms with van der Waals surface area (Å²) in [5.41, 5.74) is 2.67. The van der Waals surface area contributed by atoms with E-state index in [0.29, 0.717) is 5.56 Å². The van der Waals surface area contributed by atoms with Crippen molar-refractivity contribution in [2.45, 2.75) is 64.1 Å². The van der Waals surface area contributed by atoms with Crippen LogP contribution in [0.5, 0.6) is 5.75 Å². The van der Waals surface area contributed by atoms with Gasteiger partial charge in [0.25, 0.3) is 0 Å². The average molecular weight is 463 g/mol. The number of aryl methyl sites for hydroxylation is 1. The fourth-order valence-corrected chi connectivity index (χ4v) is 5.21. The molecule has 0 aromatic heterocycles. The van der Waals surface area contributed by atoms with Crippen molar-refractivity contribution >= 4 is 10.8 Å². The Kier molecular flexibility index (Phi) is 6.91. The molecule has 0 amide bonds. The van der Waals surface area contributed by atoms with Crippen molar-refractivity contribution in [3.8, 4) is 5.75 Å². The largest absolute Gasteiger partial charge is 0.573 e. The van der Waals surface area contributed by atoms with Crippen LogP contribution in [0.15, 0.2) is 48.5 Å². The van der Waals surface area contributed by atoms with Gasteiger partial charge in [-0.05, 0) is 76.9 Å². The summed E-state index contributed by atoms with van der Waals surface area (Å²) in [6.07, 6.45) is 2.09. The third kappa shape index (κ3) is 5.31. The maximum atomic E-state index is 14.6. The monoisotopic (exact) mass is 462 g/mol. The fraction of sp³-hybridized carbons (Fsp3) is 0.407. The van der Waals surface area contributed by atoms with E-state index in [9.17, 15) is 22.0 Å². The molecule has 176 valence electrons. The lowest BCUT2D eigenvalue weighted by molar-refractivity contribution is -0.275. The van der Waals surface area contributed by atoms with Crippen LogP contribution >= 0.6 is 0 Å². The molecule has 0 radical (unpaired) electrons. The van der Waals surface area contributed by atoms with Gasteiger partial charge in [-0.15, -0.1) is 13.2 Å². The van der Waals surface area contributed by atoms with E-state index >= 15 is 0 Å². The smallest absolute Gasteiger partial charge is 0.403 e. The fourth-order valence-electron chi connectivity index (χ4n) is 5.21. The quantitative estimate of drug-likeness (QED) is 0.252. The van der Waals surface area contributed by atoms with Gasteiger partial charge in [-0.25, -0.2) is 8.78 Å². The molecular weight excluding hydrogens is 435 g/mol. The minimum Gasteiger partial charge on any atom is -0.403 e. The lowest BCUT2D eigenvalue weighted by atomic mass is 9.69. The summed E-state index contributed by atoms with van der Waals surface area (Å²) in [5, 5.41) is 1.79. The first-order valence-corrected chi connectivity index (χ1v) is 11.5. The zero-order valence-corrected chi connectivity index (χ0v) is 18.5. The van der Waals surface area contributed by atoms with Crippen LogP contribution in [0.3, 0.4) is 0 Å². The van der Waals surface area contributed by atoms with Gasteiger partial charge in [-0.1, -0.05) is 56.9 Å². The minimum atomic E-state index is -4.95. The van der Waals surface area contributed by atoms with Crippen molar-refractivity contribution in [2.24, 2.45) is 5.92 Å². The summed E-state index contributed by atoms with van der Waals surface area (Å²) in [5.74, 6) is -2.11. The van der Waals surface area contributed by atoms with E-state index in [1.165, 1.54) is 18.2 Å². The molecule has 0 bridgehead atoms. The number of alkyl halides is 3. The number of hydrogen-bond donors (Lipinski definition) is 0. The number of halogens is 5. The van der Waals surface area contributed by atoms with Crippen LogP contribution in [0, 0.1) is 17.6 Å². The predicted octanol–water partition coefficient (Wildman–Crippen LogP) is 8.68. The minimum absolute atomic E-state index is 0.169. The highest BCUT2D eigenvalue weighted by Gasteiger charge is 2.34. The van der Waals surface area contributed by atoms with Gasteiger partial charge in [0.2, 0.25) is 0 Å².